The zero-order valence-corrected chi connectivity index (χ0v) is 7.93. The minimum absolute atomic E-state index is 0.162. The van der Waals surface area contributed by atoms with Crippen LogP contribution in [-0.4, -0.2) is 5.84 Å². The lowest BCUT2D eigenvalue weighted by atomic mass is 10.1. The Morgan fingerprint density at radius 3 is 2.85 bits per heavy atom. The summed E-state index contributed by atoms with van der Waals surface area (Å²) < 4.78 is 0. The molecule has 1 unspecified atom stereocenters. The average Bonchev–Trinajstić information content (AvgIpc) is 2.49. The molecule has 1 aromatic carbocycles. The van der Waals surface area contributed by atoms with Gasteiger partial charge in [0.05, 0.1) is 5.84 Å². The molecule has 3 N–H and O–H groups in total. The molecule has 0 heterocycles. The molecule has 0 fully saturated rings. The first-order valence-corrected chi connectivity index (χ1v) is 4.66. The van der Waals surface area contributed by atoms with Gasteiger partial charge in [-0.2, -0.15) is 0 Å². The lowest BCUT2D eigenvalue weighted by Crippen LogP contribution is -2.22. The quantitative estimate of drug-likeness (QED) is 0.522. The van der Waals surface area contributed by atoms with Crippen molar-refractivity contribution >= 4 is 17.4 Å². The number of hydrogen-bond acceptors (Lipinski definition) is 1. The van der Waals surface area contributed by atoms with Crippen molar-refractivity contribution < 1.29 is 0 Å². The molecule has 0 bridgehead atoms. The fraction of sp³-hybridized carbons (Fsp3) is 0.300. The highest BCUT2D eigenvalue weighted by molar-refractivity contribution is 6.31. The highest BCUT2D eigenvalue weighted by Gasteiger charge is 2.24. The Morgan fingerprint density at radius 1 is 1.46 bits per heavy atom. The number of nitrogens with one attached hydrogen (secondary N) is 1. The van der Waals surface area contributed by atoms with Crippen LogP contribution in [0.25, 0.3) is 0 Å². The Labute approximate surface area is 82.2 Å². The van der Waals surface area contributed by atoms with Gasteiger partial charge < -0.3 is 5.73 Å². The molecule has 3 heteroatoms. The Balaban J connectivity index is 2.35. The van der Waals surface area contributed by atoms with Crippen molar-refractivity contribution in [3.63, 3.8) is 0 Å². The molecular weight excluding hydrogens is 184 g/mol. The first-order valence-electron chi connectivity index (χ1n) is 4.28. The second-order valence-electron chi connectivity index (χ2n) is 3.44. The zero-order valence-electron chi connectivity index (χ0n) is 7.18. The van der Waals surface area contributed by atoms with E-state index in [9.17, 15) is 0 Å². The van der Waals surface area contributed by atoms with Crippen LogP contribution in [0, 0.1) is 11.3 Å². The van der Waals surface area contributed by atoms with Gasteiger partial charge in [-0.3, -0.25) is 5.41 Å². The summed E-state index contributed by atoms with van der Waals surface area (Å²) in [7, 11) is 0. The Morgan fingerprint density at radius 2 is 2.23 bits per heavy atom. The van der Waals surface area contributed by atoms with E-state index in [4.69, 9.17) is 22.7 Å². The SMILES string of the molecule is N=C(N)C1Cc2cccc(Cl)c2C1. The van der Waals surface area contributed by atoms with Crippen molar-refractivity contribution in [2.75, 3.05) is 0 Å². The molecule has 0 saturated carbocycles. The number of benzene rings is 1. The van der Waals surface area contributed by atoms with Gasteiger partial charge in [0.25, 0.3) is 0 Å². The molecule has 1 atom stereocenters. The topological polar surface area (TPSA) is 49.9 Å². The van der Waals surface area contributed by atoms with Gasteiger partial charge in [-0.15, -0.1) is 0 Å². The Kier molecular flexibility index (Phi) is 2.00. The molecule has 13 heavy (non-hydrogen) atoms. The number of fused-ring (bicyclic) bond motifs is 1. The Bertz CT molecular complexity index is 360. The lowest BCUT2D eigenvalue weighted by molar-refractivity contribution is 0.736. The van der Waals surface area contributed by atoms with Crippen LogP contribution in [0.4, 0.5) is 0 Å². The van der Waals surface area contributed by atoms with Crippen molar-refractivity contribution in [1.29, 1.82) is 5.41 Å². The number of hydrogen-bond donors (Lipinski definition) is 2. The largest absolute Gasteiger partial charge is 0.387 e. The fourth-order valence-electron chi connectivity index (χ4n) is 1.83. The van der Waals surface area contributed by atoms with Crippen molar-refractivity contribution in [1.82, 2.24) is 0 Å². The molecule has 0 aromatic heterocycles. The van der Waals surface area contributed by atoms with Crippen LogP contribution in [0.3, 0.4) is 0 Å². The predicted octanol–water partition coefficient (Wildman–Crippen LogP) is 1.99. The van der Waals surface area contributed by atoms with Crippen molar-refractivity contribution in [3.8, 4) is 0 Å². The van der Waals surface area contributed by atoms with Crippen molar-refractivity contribution in [2.24, 2.45) is 11.7 Å². The van der Waals surface area contributed by atoms with Gasteiger partial charge in [0.1, 0.15) is 0 Å². The molecular formula is C10H11ClN2. The molecule has 0 amide bonds. The molecule has 0 spiro atoms. The molecule has 0 saturated heterocycles. The molecule has 0 aliphatic heterocycles. The van der Waals surface area contributed by atoms with Crippen LogP contribution >= 0.6 is 11.6 Å². The maximum atomic E-state index is 7.37. The van der Waals surface area contributed by atoms with E-state index in [1.54, 1.807) is 0 Å². The molecule has 2 nitrogen and oxygen atoms in total. The first kappa shape index (κ1) is 8.57. The minimum Gasteiger partial charge on any atom is -0.387 e. The maximum Gasteiger partial charge on any atom is 0.0943 e. The van der Waals surface area contributed by atoms with Gasteiger partial charge in [-0.1, -0.05) is 23.7 Å². The molecule has 1 aromatic rings. The van der Waals surface area contributed by atoms with E-state index < -0.39 is 0 Å². The van der Waals surface area contributed by atoms with E-state index in [1.807, 2.05) is 12.1 Å². The first-order chi connectivity index (χ1) is 6.18. The van der Waals surface area contributed by atoms with Gasteiger partial charge in [-0.25, -0.2) is 0 Å². The van der Waals surface area contributed by atoms with Crippen LogP contribution < -0.4 is 5.73 Å². The van der Waals surface area contributed by atoms with E-state index in [2.05, 4.69) is 6.07 Å². The molecule has 68 valence electrons. The molecule has 2 rings (SSSR count). The van der Waals surface area contributed by atoms with Crippen LogP contribution in [0.1, 0.15) is 11.1 Å². The summed E-state index contributed by atoms with van der Waals surface area (Å²) in [5, 5.41) is 8.18. The van der Waals surface area contributed by atoms with Crippen LogP contribution in [-0.2, 0) is 12.8 Å². The highest BCUT2D eigenvalue weighted by atomic mass is 35.5. The summed E-state index contributed by atoms with van der Waals surface area (Å²) in [6, 6.07) is 5.90. The van der Waals surface area contributed by atoms with Crippen LogP contribution in [0.5, 0.6) is 0 Å². The number of amidine groups is 1. The summed E-state index contributed by atoms with van der Waals surface area (Å²) in [5.41, 5.74) is 7.88. The summed E-state index contributed by atoms with van der Waals surface area (Å²) in [6.07, 6.45) is 1.69. The van der Waals surface area contributed by atoms with Gasteiger partial charge in [0, 0.05) is 10.9 Å². The average molecular weight is 195 g/mol. The summed E-state index contributed by atoms with van der Waals surface area (Å²) in [6.45, 7) is 0. The van der Waals surface area contributed by atoms with E-state index in [0.29, 0.717) is 0 Å². The molecule has 1 aliphatic rings. The smallest absolute Gasteiger partial charge is 0.0943 e. The number of halogens is 1. The van der Waals surface area contributed by atoms with Gasteiger partial charge >= 0.3 is 0 Å². The van der Waals surface area contributed by atoms with Crippen molar-refractivity contribution in [2.45, 2.75) is 12.8 Å². The summed E-state index contributed by atoms with van der Waals surface area (Å²) >= 11 is 6.03. The minimum atomic E-state index is 0.162. The molecule has 1 aliphatic carbocycles. The second-order valence-corrected chi connectivity index (χ2v) is 3.85. The third-order valence-electron chi connectivity index (χ3n) is 2.57. The summed E-state index contributed by atoms with van der Waals surface area (Å²) in [5.74, 6) is 0.433. The van der Waals surface area contributed by atoms with E-state index >= 15 is 0 Å². The third kappa shape index (κ3) is 1.42. The van der Waals surface area contributed by atoms with E-state index in [0.717, 1.165) is 17.9 Å². The standard InChI is InChI=1S/C10H11ClN2/c11-9-3-1-2-6-4-7(10(12)13)5-8(6)9/h1-3,7H,4-5H2,(H3,12,13). The lowest BCUT2D eigenvalue weighted by Gasteiger charge is -2.04. The predicted molar refractivity (Wildman–Crippen MR) is 54.3 cm³/mol. The normalized spacial score (nSPS) is 19.9. The monoisotopic (exact) mass is 194 g/mol. The zero-order chi connectivity index (χ0) is 9.42. The van der Waals surface area contributed by atoms with E-state index in [1.165, 1.54) is 11.1 Å². The van der Waals surface area contributed by atoms with Gasteiger partial charge in [0.2, 0.25) is 0 Å². The Hall–Kier alpha value is -1.02. The van der Waals surface area contributed by atoms with Gasteiger partial charge in [0.15, 0.2) is 0 Å². The maximum absolute atomic E-state index is 7.37. The number of rotatable bonds is 1. The fourth-order valence-corrected chi connectivity index (χ4v) is 2.10. The van der Waals surface area contributed by atoms with E-state index in [-0.39, 0.29) is 11.8 Å². The van der Waals surface area contributed by atoms with Crippen LogP contribution in [0.2, 0.25) is 5.02 Å². The van der Waals surface area contributed by atoms with Crippen LogP contribution in [0.15, 0.2) is 18.2 Å². The second kappa shape index (κ2) is 3.04. The molecule has 0 radical (unpaired) electrons. The highest BCUT2D eigenvalue weighted by Crippen LogP contribution is 2.31. The summed E-state index contributed by atoms with van der Waals surface area (Å²) in [4.78, 5) is 0. The third-order valence-corrected chi connectivity index (χ3v) is 2.93. The number of nitrogens with two attached hydrogens (primary N) is 1. The van der Waals surface area contributed by atoms with Gasteiger partial charge in [-0.05, 0) is 30.0 Å². The van der Waals surface area contributed by atoms with Crippen molar-refractivity contribution in [3.05, 3.63) is 34.3 Å².